The summed E-state index contributed by atoms with van der Waals surface area (Å²) in [6, 6.07) is 16.8. The maximum atomic E-state index is 6.41. The van der Waals surface area contributed by atoms with Crippen LogP contribution in [0.5, 0.6) is 0 Å². The summed E-state index contributed by atoms with van der Waals surface area (Å²) >= 11 is 8.14. The van der Waals surface area contributed by atoms with E-state index in [-0.39, 0.29) is 11.2 Å². The van der Waals surface area contributed by atoms with Crippen LogP contribution in [0.3, 0.4) is 0 Å². The molecule has 1 aromatic heterocycles. The lowest BCUT2D eigenvalue weighted by Crippen LogP contribution is -2.41. The first-order valence-corrected chi connectivity index (χ1v) is 10.4. The molecule has 0 radical (unpaired) electrons. The van der Waals surface area contributed by atoms with Crippen LogP contribution in [0.1, 0.15) is 27.7 Å². The van der Waals surface area contributed by atoms with Gasteiger partial charge in [-0.2, -0.15) is 0 Å². The highest BCUT2D eigenvalue weighted by Crippen LogP contribution is 2.41. The standard InChI is InChI=1S/C22H20BClO2S/c1-21(2)22(3,4)26-23(25-21)17-11-13-7-5-6-8-15(13)20-19(17)16-12-14(24)9-10-18(16)27-20/h5-12H,1-4H3. The van der Waals surface area contributed by atoms with Gasteiger partial charge in [0.2, 0.25) is 0 Å². The van der Waals surface area contributed by atoms with Crippen LogP contribution >= 0.6 is 22.9 Å². The van der Waals surface area contributed by atoms with Gasteiger partial charge >= 0.3 is 7.12 Å². The number of benzene rings is 3. The summed E-state index contributed by atoms with van der Waals surface area (Å²) in [6.45, 7) is 8.36. The fourth-order valence-corrected chi connectivity index (χ4v) is 5.20. The van der Waals surface area contributed by atoms with Gasteiger partial charge in [-0.15, -0.1) is 11.3 Å². The molecule has 0 bridgehead atoms. The molecule has 27 heavy (non-hydrogen) atoms. The van der Waals surface area contributed by atoms with Crippen LogP contribution in [0, 0.1) is 0 Å². The van der Waals surface area contributed by atoms with Gasteiger partial charge in [-0.1, -0.05) is 41.9 Å². The first-order chi connectivity index (χ1) is 12.8. The van der Waals surface area contributed by atoms with Crippen molar-refractivity contribution in [2.45, 2.75) is 38.9 Å². The molecule has 2 heterocycles. The van der Waals surface area contributed by atoms with E-state index in [1.165, 1.54) is 25.6 Å². The summed E-state index contributed by atoms with van der Waals surface area (Å²) in [7, 11) is -0.404. The lowest BCUT2D eigenvalue weighted by molar-refractivity contribution is 0.00578. The molecule has 0 aliphatic carbocycles. The highest BCUT2D eigenvalue weighted by atomic mass is 35.5. The van der Waals surface area contributed by atoms with E-state index in [0.29, 0.717) is 0 Å². The third-order valence-electron chi connectivity index (χ3n) is 5.96. The van der Waals surface area contributed by atoms with Crippen LogP contribution in [-0.4, -0.2) is 18.3 Å². The monoisotopic (exact) mass is 394 g/mol. The van der Waals surface area contributed by atoms with Gasteiger partial charge in [0.15, 0.2) is 0 Å². The van der Waals surface area contributed by atoms with Gasteiger partial charge in [-0.05, 0) is 62.1 Å². The van der Waals surface area contributed by atoms with Crippen LogP contribution in [0.4, 0.5) is 0 Å². The largest absolute Gasteiger partial charge is 0.495 e. The Balaban J connectivity index is 1.88. The number of fused-ring (bicyclic) bond motifs is 5. The Morgan fingerprint density at radius 1 is 0.889 bits per heavy atom. The van der Waals surface area contributed by atoms with E-state index >= 15 is 0 Å². The zero-order chi connectivity index (χ0) is 19.0. The second-order valence-electron chi connectivity index (χ2n) is 8.22. The lowest BCUT2D eigenvalue weighted by atomic mass is 9.75. The zero-order valence-electron chi connectivity index (χ0n) is 15.8. The predicted molar refractivity (Wildman–Crippen MR) is 118 cm³/mol. The second-order valence-corrected chi connectivity index (χ2v) is 9.71. The molecule has 0 spiro atoms. The van der Waals surface area contributed by atoms with E-state index in [4.69, 9.17) is 20.9 Å². The van der Waals surface area contributed by atoms with Gasteiger partial charge in [-0.3, -0.25) is 0 Å². The van der Waals surface area contributed by atoms with Gasteiger partial charge < -0.3 is 9.31 Å². The van der Waals surface area contributed by atoms with E-state index < -0.39 is 7.12 Å². The topological polar surface area (TPSA) is 18.5 Å². The summed E-state index contributed by atoms with van der Waals surface area (Å²) in [6.07, 6.45) is 0. The number of halogens is 1. The van der Waals surface area contributed by atoms with Crippen molar-refractivity contribution in [1.29, 1.82) is 0 Å². The Morgan fingerprint density at radius 2 is 1.59 bits per heavy atom. The molecular formula is C22H20BClO2S. The molecule has 0 unspecified atom stereocenters. The predicted octanol–water partition coefficient (Wildman–Crippen LogP) is 6.16. The average molecular weight is 395 g/mol. The summed E-state index contributed by atoms with van der Waals surface area (Å²) in [5, 5.41) is 5.56. The highest BCUT2D eigenvalue weighted by Gasteiger charge is 2.52. The van der Waals surface area contributed by atoms with Crippen LogP contribution < -0.4 is 5.46 Å². The molecule has 0 saturated carbocycles. The Bertz CT molecular complexity index is 1200. The average Bonchev–Trinajstić information content (AvgIpc) is 3.08. The van der Waals surface area contributed by atoms with E-state index in [1.54, 1.807) is 11.3 Å². The smallest absolute Gasteiger partial charge is 0.399 e. The highest BCUT2D eigenvalue weighted by molar-refractivity contribution is 7.27. The first-order valence-electron chi connectivity index (χ1n) is 9.16. The molecule has 2 nitrogen and oxygen atoms in total. The fourth-order valence-electron chi connectivity index (χ4n) is 3.77. The van der Waals surface area contributed by atoms with Crippen molar-refractivity contribution in [2.75, 3.05) is 0 Å². The molecule has 136 valence electrons. The molecule has 0 amide bonds. The van der Waals surface area contributed by atoms with E-state index in [1.807, 2.05) is 6.07 Å². The molecule has 0 atom stereocenters. The maximum absolute atomic E-state index is 6.41. The van der Waals surface area contributed by atoms with Crippen molar-refractivity contribution in [3.8, 4) is 0 Å². The molecule has 1 aliphatic heterocycles. The number of thiophene rings is 1. The molecule has 1 fully saturated rings. The van der Waals surface area contributed by atoms with Crippen LogP contribution in [0.2, 0.25) is 5.02 Å². The Morgan fingerprint density at radius 3 is 2.33 bits per heavy atom. The minimum Gasteiger partial charge on any atom is -0.399 e. The third-order valence-corrected chi connectivity index (χ3v) is 7.40. The first kappa shape index (κ1) is 17.5. The van der Waals surface area contributed by atoms with Crippen molar-refractivity contribution in [3.05, 3.63) is 53.6 Å². The molecule has 1 aliphatic rings. The van der Waals surface area contributed by atoms with E-state index in [0.717, 1.165) is 15.9 Å². The number of rotatable bonds is 1. The molecular weight excluding hydrogens is 375 g/mol. The summed E-state index contributed by atoms with van der Waals surface area (Å²) in [4.78, 5) is 0. The van der Waals surface area contributed by atoms with Crippen LogP contribution in [0.25, 0.3) is 30.9 Å². The summed E-state index contributed by atoms with van der Waals surface area (Å²) in [5.41, 5.74) is 0.328. The van der Waals surface area contributed by atoms with Gasteiger partial charge in [0.05, 0.1) is 11.2 Å². The van der Waals surface area contributed by atoms with Crippen LogP contribution in [-0.2, 0) is 9.31 Å². The van der Waals surface area contributed by atoms with Gasteiger partial charge in [0.1, 0.15) is 0 Å². The van der Waals surface area contributed by atoms with Gasteiger partial charge in [0, 0.05) is 25.2 Å². The van der Waals surface area contributed by atoms with Gasteiger partial charge in [-0.25, -0.2) is 0 Å². The Hall–Kier alpha value is -1.59. The molecule has 5 heteroatoms. The van der Waals surface area contributed by atoms with E-state index in [2.05, 4.69) is 70.2 Å². The molecule has 0 N–H and O–H groups in total. The van der Waals surface area contributed by atoms with Crippen molar-refractivity contribution in [3.63, 3.8) is 0 Å². The zero-order valence-corrected chi connectivity index (χ0v) is 17.4. The Kier molecular flexibility index (Phi) is 3.70. The van der Waals surface area contributed by atoms with Crippen molar-refractivity contribution in [1.82, 2.24) is 0 Å². The molecule has 5 rings (SSSR count). The molecule has 1 saturated heterocycles. The Labute approximate surface area is 168 Å². The van der Waals surface area contributed by atoms with Crippen molar-refractivity contribution >= 4 is 66.5 Å². The SMILES string of the molecule is CC1(C)OB(c2cc3ccccc3c3sc4ccc(Cl)cc4c23)OC1(C)C. The minimum atomic E-state index is -0.404. The van der Waals surface area contributed by atoms with E-state index in [9.17, 15) is 0 Å². The minimum absolute atomic E-state index is 0.376. The van der Waals surface area contributed by atoms with Crippen molar-refractivity contribution in [2.24, 2.45) is 0 Å². The lowest BCUT2D eigenvalue weighted by Gasteiger charge is -2.32. The fraction of sp³-hybridized carbons (Fsp3) is 0.273. The molecule has 4 aromatic rings. The summed E-state index contributed by atoms with van der Waals surface area (Å²) in [5.74, 6) is 0. The third kappa shape index (κ3) is 2.55. The quantitative estimate of drug-likeness (QED) is 0.360. The van der Waals surface area contributed by atoms with Crippen LogP contribution in [0.15, 0.2) is 48.5 Å². The second kappa shape index (κ2) is 5.71. The normalized spacial score (nSPS) is 18.8. The summed E-state index contributed by atoms with van der Waals surface area (Å²) < 4.78 is 15.3. The van der Waals surface area contributed by atoms with Gasteiger partial charge in [0.25, 0.3) is 0 Å². The van der Waals surface area contributed by atoms with Crippen molar-refractivity contribution < 1.29 is 9.31 Å². The maximum Gasteiger partial charge on any atom is 0.495 e. The number of hydrogen-bond donors (Lipinski definition) is 0. The molecule has 3 aromatic carbocycles. The number of hydrogen-bond acceptors (Lipinski definition) is 3.